The summed E-state index contributed by atoms with van der Waals surface area (Å²) in [6.07, 6.45) is 0. The van der Waals surface area contributed by atoms with Crippen LogP contribution in [0.15, 0.2) is 64.7 Å². The van der Waals surface area contributed by atoms with Crippen LogP contribution in [0.1, 0.15) is 0 Å². The van der Waals surface area contributed by atoms with Crippen molar-refractivity contribution in [2.24, 2.45) is 0 Å². The molecule has 1 unspecified atom stereocenters. The molecular formula is C22H18ClFN2O5S2. The van der Waals surface area contributed by atoms with Crippen LogP contribution in [0.2, 0.25) is 5.02 Å². The molecule has 11 heteroatoms. The molecular weight excluding hydrogens is 491 g/mol. The molecule has 172 valence electrons. The Labute approximate surface area is 202 Å². The van der Waals surface area contributed by atoms with E-state index < -0.39 is 29.2 Å². The largest absolute Gasteiger partial charge is 0.484 e. The lowest BCUT2D eigenvalue weighted by molar-refractivity contribution is -0.150. The number of fused-ring (bicyclic) bond motifs is 1. The molecule has 2 aromatic carbocycles. The van der Waals surface area contributed by atoms with Crippen LogP contribution in [0.5, 0.6) is 5.75 Å². The second-order valence-electron chi connectivity index (χ2n) is 7.20. The number of β-lactam (4-membered cyclic amide) rings is 1. The van der Waals surface area contributed by atoms with Gasteiger partial charge in [0.25, 0.3) is 11.8 Å². The van der Waals surface area contributed by atoms with Gasteiger partial charge in [0.15, 0.2) is 6.61 Å². The van der Waals surface area contributed by atoms with Crippen LogP contribution < -0.4 is 10.1 Å². The van der Waals surface area contributed by atoms with E-state index in [9.17, 15) is 23.9 Å². The summed E-state index contributed by atoms with van der Waals surface area (Å²) in [7, 11) is 0. The standard InChI is InChI=1S/C22H18ClFN2O5S2/c23-13-3-1-5-15(7-13)31-9-17(27)25-18-20(28)26-19(22(29)30)12(11-33-21(18)26)10-32-16-6-2-4-14(24)8-16/h1-8,18,21H,9-11H2,(H,25,27)(H,29,30)/t18?,21-/m1/s1. The first kappa shape index (κ1) is 23.5. The first-order valence-electron chi connectivity index (χ1n) is 9.79. The number of carboxylic acid groups (broad SMARTS) is 1. The fraction of sp³-hybridized carbons (Fsp3) is 0.227. The third-order valence-corrected chi connectivity index (χ3v) is 7.60. The van der Waals surface area contributed by atoms with Crippen LogP contribution in [0.25, 0.3) is 0 Å². The highest BCUT2D eigenvalue weighted by molar-refractivity contribution is 8.01. The molecule has 2 heterocycles. The summed E-state index contributed by atoms with van der Waals surface area (Å²) in [4.78, 5) is 38.8. The van der Waals surface area contributed by atoms with E-state index in [0.717, 1.165) is 0 Å². The van der Waals surface area contributed by atoms with Gasteiger partial charge in [-0.1, -0.05) is 23.7 Å². The fourth-order valence-electron chi connectivity index (χ4n) is 3.44. The van der Waals surface area contributed by atoms with E-state index in [1.807, 2.05) is 0 Å². The van der Waals surface area contributed by atoms with Crippen LogP contribution in [0.4, 0.5) is 4.39 Å². The zero-order chi connectivity index (χ0) is 23.5. The van der Waals surface area contributed by atoms with Gasteiger partial charge in [-0.05, 0) is 42.0 Å². The minimum absolute atomic E-state index is 0.0756. The molecule has 0 aliphatic carbocycles. The minimum atomic E-state index is -1.21. The number of hydrogen-bond acceptors (Lipinski definition) is 6. The Kier molecular flexibility index (Phi) is 7.16. The fourth-order valence-corrected chi connectivity index (χ4v) is 6.05. The second kappa shape index (κ2) is 10.1. The number of halogens is 2. The third kappa shape index (κ3) is 5.29. The maximum atomic E-state index is 13.4. The monoisotopic (exact) mass is 508 g/mol. The van der Waals surface area contributed by atoms with E-state index in [0.29, 0.717) is 32.7 Å². The highest BCUT2D eigenvalue weighted by Crippen LogP contribution is 2.41. The summed E-state index contributed by atoms with van der Waals surface area (Å²) >= 11 is 8.56. The SMILES string of the molecule is O=C(COc1cccc(Cl)c1)NC1C(=O)N2C(C(=O)O)=C(CSc3cccc(F)c3)CS[C@H]12. The molecule has 0 saturated carbocycles. The zero-order valence-corrected chi connectivity index (χ0v) is 19.4. The molecule has 4 rings (SSSR count). The van der Waals surface area contributed by atoms with Crippen LogP contribution in [-0.2, 0) is 14.4 Å². The molecule has 7 nitrogen and oxygen atoms in total. The average Bonchev–Trinajstić information content (AvgIpc) is 2.79. The number of amides is 2. The van der Waals surface area contributed by atoms with Gasteiger partial charge < -0.3 is 15.2 Å². The van der Waals surface area contributed by atoms with E-state index >= 15 is 0 Å². The van der Waals surface area contributed by atoms with Crippen molar-refractivity contribution in [3.05, 3.63) is 70.6 Å². The van der Waals surface area contributed by atoms with Gasteiger partial charge in [0, 0.05) is 21.4 Å². The van der Waals surface area contributed by atoms with E-state index in [-0.39, 0.29) is 18.1 Å². The number of carbonyl (C=O) groups excluding carboxylic acids is 2. The lowest BCUT2D eigenvalue weighted by Crippen LogP contribution is -2.70. The van der Waals surface area contributed by atoms with Gasteiger partial charge in [0.2, 0.25) is 0 Å². The number of ether oxygens (including phenoxy) is 1. The predicted octanol–water partition coefficient (Wildman–Crippen LogP) is 3.39. The Morgan fingerprint density at radius 1 is 1.27 bits per heavy atom. The number of aliphatic carboxylic acids is 1. The van der Waals surface area contributed by atoms with Gasteiger partial charge in [0.1, 0.15) is 28.7 Å². The number of hydrogen-bond donors (Lipinski definition) is 2. The van der Waals surface area contributed by atoms with Gasteiger partial charge in [-0.25, -0.2) is 9.18 Å². The van der Waals surface area contributed by atoms with E-state index in [1.165, 1.54) is 40.6 Å². The number of thioether (sulfide) groups is 2. The Morgan fingerprint density at radius 2 is 2.06 bits per heavy atom. The number of nitrogens with one attached hydrogen (secondary N) is 1. The first-order chi connectivity index (χ1) is 15.8. The molecule has 1 fully saturated rings. The van der Waals surface area contributed by atoms with Crippen molar-refractivity contribution in [1.29, 1.82) is 0 Å². The van der Waals surface area contributed by atoms with Gasteiger partial charge >= 0.3 is 5.97 Å². The molecule has 0 aromatic heterocycles. The summed E-state index contributed by atoms with van der Waals surface area (Å²) in [5.41, 5.74) is 0.494. The Hall–Kier alpha value is -2.69. The molecule has 0 radical (unpaired) electrons. The van der Waals surface area contributed by atoms with Crippen LogP contribution in [-0.4, -0.2) is 57.3 Å². The lowest BCUT2D eigenvalue weighted by atomic mass is 10.0. The van der Waals surface area contributed by atoms with Crippen molar-refractivity contribution in [2.75, 3.05) is 18.1 Å². The molecule has 0 bridgehead atoms. The lowest BCUT2D eigenvalue weighted by Gasteiger charge is -2.49. The third-order valence-electron chi connectivity index (χ3n) is 4.94. The molecule has 0 spiro atoms. The van der Waals surface area contributed by atoms with Crippen molar-refractivity contribution in [2.45, 2.75) is 16.3 Å². The van der Waals surface area contributed by atoms with Crippen molar-refractivity contribution >= 4 is 52.9 Å². The summed E-state index contributed by atoms with van der Waals surface area (Å²) in [6, 6.07) is 11.8. The molecule has 2 aliphatic rings. The van der Waals surface area contributed by atoms with E-state index in [1.54, 1.807) is 36.4 Å². The summed E-state index contributed by atoms with van der Waals surface area (Å²) in [5, 5.41) is 12.3. The smallest absolute Gasteiger partial charge is 0.352 e. The number of nitrogens with zero attached hydrogens (tertiary/aromatic N) is 1. The summed E-state index contributed by atoms with van der Waals surface area (Å²) in [6.45, 7) is -0.307. The minimum Gasteiger partial charge on any atom is -0.484 e. The van der Waals surface area contributed by atoms with Crippen molar-refractivity contribution in [1.82, 2.24) is 10.2 Å². The molecule has 2 amide bonds. The van der Waals surface area contributed by atoms with Crippen molar-refractivity contribution in [3.63, 3.8) is 0 Å². The number of benzene rings is 2. The van der Waals surface area contributed by atoms with Crippen molar-refractivity contribution in [3.8, 4) is 5.75 Å². The Morgan fingerprint density at radius 3 is 2.79 bits per heavy atom. The number of carboxylic acids is 1. The van der Waals surface area contributed by atoms with E-state index in [2.05, 4.69) is 5.32 Å². The van der Waals surface area contributed by atoms with Gasteiger partial charge in [0.05, 0.1) is 0 Å². The van der Waals surface area contributed by atoms with Gasteiger partial charge in [-0.2, -0.15) is 0 Å². The van der Waals surface area contributed by atoms with E-state index in [4.69, 9.17) is 16.3 Å². The molecule has 2 aliphatic heterocycles. The summed E-state index contributed by atoms with van der Waals surface area (Å²) in [5.74, 6) is -1.47. The van der Waals surface area contributed by atoms with Gasteiger partial charge in [-0.3, -0.25) is 14.5 Å². The molecule has 33 heavy (non-hydrogen) atoms. The quantitative estimate of drug-likeness (QED) is 0.417. The maximum Gasteiger partial charge on any atom is 0.352 e. The molecule has 2 atom stereocenters. The zero-order valence-electron chi connectivity index (χ0n) is 17.0. The second-order valence-corrected chi connectivity index (χ2v) is 9.79. The maximum absolute atomic E-state index is 13.4. The van der Waals surface area contributed by atoms with Crippen molar-refractivity contribution < 1.29 is 28.6 Å². The van der Waals surface area contributed by atoms with Gasteiger partial charge in [-0.15, -0.1) is 23.5 Å². The first-order valence-corrected chi connectivity index (χ1v) is 12.2. The van der Waals surface area contributed by atoms with Crippen LogP contribution in [0.3, 0.4) is 0 Å². The highest BCUT2D eigenvalue weighted by Gasteiger charge is 2.54. The molecule has 2 aromatic rings. The number of rotatable bonds is 8. The number of carbonyl (C=O) groups is 3. The average molecular weight is 509 g/mol. The predicted molar refractivity (Wildman–Crippen MR) is 124 cm³/mol. The molecule has 1 saturated heterocycles. The van der Waals surface area contributed by atoms with Crippen LogP contribution >= 0.6 is 35.1 Å². The topological polar surface area (TPSA) is 95.9 Å². The Bertz CT molecular complexity index is 1150. The summed E-state index contributed by atoms with van der Waals surface area (Å²) < 4.78 is 18.8. The Balaban J connectivity index is 1.38. The highest BCUT2D eigenvalue weighted by atomic mass is 35.5. The normalized spacial score (nSPS) is 19.6. The van der Waals surface area contributed by atoms with Crippen LogP contribution in [0, 0.1) is 5.82 Å². The molecule has 2 N–H and O–H groups in total.